The third-order valence-electron chi connectivity index (χ3n) is 6.26. The molecule has 1 amide bonds. The smallest absolute Gasteiger partial charge is 0.338 e. The molecule has 0 aromatic heterocycles. The summed E-state index contributed by atoms with van der Waals surface area (Å²) in [6, 6.07) is 17.7. The lowest BCUT2D eigenvalue weighted by Gasteiger charge is -2.39. The maximum Gasteiger partial charge on any atom is 0.416 e. The molecule has 9 heteroatoms. The first-order valence-corrected chi connectivity index (χ1v) is 11.2. The Morgan fingerprint density at radius 1 is 0.771 bits per heavy atom. The van der Waals surface area contributed by atoms with E-state index in [-0.39, 0.29) is 31.0 Å². The molecule has 1 aliphatic heterocycles. The molecule has 35 heavy (non-hydrogen) atoms. The van der Waals surface area contributed by atoms with E-state index in [1.54, 1.807) is 12.1 Å². The first-order chi connectivity index (χ1) is 16.4. The maximum absolute atomic E-state index is 13.3. The molecule has 2 nitrogen and oxygen atoms in total. The predicted molar refractivity (Wildman–Crippen MR) is 120 cm³/mol. The Morgan fingerprint density at radius 3 is 1.86 bits per heavy atom. The molecular formula is C26H20ClF6NO. The summed E-state index contributed by atoms with van der Waals surface area (Å²) in [6.45, 7) is 0.331. The zero-order valence-electron chi connectivity index (χ0n) is 18.2. The van der Waals surface area contributed by atoms with Crippen LogP contribution in [0.15, 0.2) is 72.8 Å². The van der Waals surface area contributed by atoms with Crippen molar-refractivity contribution in [2.24, 2.45) is 0 Å². The van der Waals surface area contributed by atoms with Crippen LogP contribution < -0.4 is 0 Å². The Hall–Kier alpha value is -3.00. The maximum atomic E-state index is 13.3. The summed E-state index contributed by atoms with van der Waals surface area (Å²) in [6.07, 6.45) is -9.56. The first-order valence-electron chi connectivity index (χ1n) is 10.8. The number of piperidine rings is 1. The van der Waals surface area contributed by atoms with E-state index in [9.17, 15) is 31.1 Å². The second kappa shape index (κ2) is 9.57. The van der Waals surface area contributed by atoms with Crippen molar-refractivity contribution in [3.63, 3.8) is 0 Å². The average Bonchev–Trinajstić information content (AvgIpc) is 2.83. The number of hydrogen-bond donors (Lipinski definition) is 0. The summed E-state index contributed by atoms with van der Waals surface area (Å²) in [5, 5.41) is 0.525. The van der Waals surface area contributed by atoms with E-state index < -0.39 is 35.0 Å². The van der Waals surface area contributed by atoms with Crippen LogP contribution in [0.2, 0.25) is 5.02 Å². The number of benzene rings is 3. The number of alkyl halides is 6. The van der Waals surface area contributed by atoms with Crippen molar-refractivity contribution in [2.45, 2.75) is 30.6 Å². The highest BCUT2D eigenvalue weighted by Gasteiger charge is 2.39. The molecule has 0 radical (unpaired) electrons. The summed E-state index contributed by atoms with van der Waals surface area (Å²) in [7, 11) is 0. The van der Waals surface area contributed by atoms with E-state index in [1.807, 2.05) is 42.5 Å². The molecular weight excluding hydrogens is 492 g/mol. The number of carbonyl (C=O) groups is 1. The van der Waals surface area contributed by atoms with E-state index >= 15 is 0 Å². The summed E-state index contributed by atoms with van der Waals surface area (Å²) in [5.74, 6) is -1.08. The van der Waals surface area contributed by atoms with Crippen LogP contribution in [0.5, 0.6) is 0 Å². The van der Waals surface area contributed by atoms with Crippen LogP contribution in [0.1, 0.15) is 50.9 Å². The molecule has 2 atom stereocenters. The van der Waals surface area contributed by atoms with Gasteiger partial charge in [0.05, 0.1) is 11.1 Å². The predicted octanol–water partition coefficient (Wildman–Crippen LogP) is 7.79. The topological polar surface area (TPSA) is 20.3 Å². The van der Waals surface area contributed by atoms with Gasteiger partial charge in [-0.15, -0.1) is 0 Å². The van der Waals surface area contributed by atoms with E-state index in [0.717, 1.165) is 11.1 Å². The minimum absolute atomic E-state index is 0.00803. The normalized spacial score (nSPS) is 19.0. The largest absolute Gasteiger partial charge is 0.416 e. The standard InChI is InChI=1S/C26H20ClF6NO/c27-21-8-6-17(7-9-21)23-15-34(11-10-22(23)16-4-2-1-3-5-16)24(35)18-12-19(25(28,29)30)14-20(13-18)26(31,32)33/h1-9,12-14,22-23H,10-11,15H2. The van der Waals surface area contributed by atoms with Gasteiger partial charge < -0.3 is 4.90 Å². The van der Waals surface area contributed by atoms with Gasteiger partial charge >= 0.3 is 12.4 Å². The van der Waals surface area contributed by atoms with Gasteiger partial charge in [0.25, 0.3) is 5.91 Å². The number of hydrogen-bond acceptors (Lipinski definition) is 1. The van der Waals surface area contributed by atoms with Gasteiger partial charge in [-0.1, -0.05) is 54.1 Å². The van der Waals surface area contributed by atoms with Crippen LogP contribution in [-0.2, 0) is 12.4 Å². The van der Waals surface area contributed by atoms with Crippen molar-refractivity contribution in [1.82, 2.24) is 4.90 Å². The fourth-order valence-electron chi connectivity index (χ4n) is 4.54. The van der Waals surface area contributed by atoms with Gasteiger partial charge in [0.1, 0.15) is 0 Å². The zero-order chi connectivity index (χ0) is 25.4. The number of nitrogens with zero attached hydrogens (tertiary/aromatic N) is 1. The van der Waals surface area contributed by atoms with Gasteiger partial charge in [0.2, 0.25) is 0 Å². The number of carbonyl (C=O) groups excluding carboxylic acids is 1. The molecule has 3 aromatic rings. The first kappa shape index (κ1) is 25.1. The van der Waals surface area contributed by atoms with Gasteiger partial charge in [0, 0.05) is 29.6 Å². The third kappa shape index (κ3) is 5.64. The fourth-order valence-corrected chi connectivity index (χ4v) is 4.67. The molecule has 1 fully saturated rings. The van der Waals surface area contributed by atoms with Gasteiger partial charge in [-0.25, -0.2) is 0 Å². The Kier molecular flexibility index (Phi) is 6.86. The second-order valence-electron chi connectivity index (χ2n) is 8.51. The van der Waals surface area contributed by atoms with Crippen LogP contribution >= 0.6 is 11.6 Å². The van der Waals surface area contributed by atoms with Crippen molar-refractivity contribution in [1.29, 1.82) is 0 Å². The quantitative estimate of drug-likeness (QED) is 0.329. The molecule has 0 spiro atoms. The number of rotatable bonds is 3. The summed E-state index contributed by atoms with van der Waals surface area (Å²) in [4.78, 5) is 14.5. The van der Waals surface area contributed by atoms with Crippen molar-refractivity contribution in [2.75, 3.05) is 13.1 Å². The molecule has 1 heterocycles. The molecule has 1 aliphatic rings. The van der Waals surface area contributed by atoms with Gasteiger partial charge in [-0.2, -0.15) is 26.3 Å². The van der Waals surface area contributed by atoms with E-state index in [0.29, 0.717) is 23.6 Å². The SMILES string of the molecule is O=C(c1cc(C(F)(F)F)cc(C(F)(F)F)c1)N1CCC(c2ccccc2)C(c2ccc(Cl)cc2)C1. The van der Waals surface area contributed by atoms with Crippen molar-refractivity contribution >= 4 is 17.5 Å². The minimum Gasteiger partial charge on any atom is -0.338 e. The average molecular weight is 512 g/mol. The highest BCUT2D eigenvalue weighted by atomic mass is 35.5. The van der Waals surface area contributed by atoms with E-state index in [1.165, 1.54) is 4.90 Å². The molecule has 4 rings (SSSR count). The molecule has 0 N–H and O–H groups in total. The Labute approximate surface area is 203 Å². The van der Waals surface area contributed by atoms with Gasteiger partial charge in [0.15, 0.2) is 0 Å². The highest BCUT2D eigenvalue weighted by Crippen LogP contribution is 2.41. The van der Waals surface area contributed by atoms with Crippen LogP contribution in [0.25, 0.3) is 0 Å². The van der Waals surface area contributed by atoms with Crippen molar-refractivity contribution in [3.8, 4) is 0 Å². The molecule has 1 saturated heterocycles. The van der Waals surface area contributed by atoms with E-state index in [2.05, 4.69) is 0 Å². The Balaban J connectivity index is 1.69. The molecule has 2 unspecified atom stereocenters. The molecule has 0 saturated carbocycles. The highest BCUT2D eigenvalue weighted by molar-refractivity contribution is 6.30. The second-order valence-corrected chi connectivity index (χ2v) is 8.95. The lowest BCUT2D eigenvalue weighted by Crippen LogP contribution is -2.42. The number of likely N-dealkylation sites (tertiary alicyclic amines) is 1. The Bertz CT molecular complexity index is 1160. The van der Waals surface area contributed by atoms with Gasteiger partial charge in [-0.05, 0) is 53.8 Å². The number of amides is 1. The summed E-state index contributed by atoms with van der Waals surface area (Å²) < 4.78 is 79.8. The monoisotopic (exact) mass is 511 g/mol. The van der Waals surface area contributed by atoms with Crippen LogP contribution in [0.4, 0.5) is 26.3 Å². The molecule has 184 valence electrons. The lowest BCUT2D eigenvalue weighted by molar-refractivity contribution is -0.143. The van der Waals surface area contributed by atoms with Crippen LogP contribution in [0, 0.1) is 0 Å². The summed E-state index contributed by atoms with van der Waals surface area (Å²) >= 11 is 6.02. The van der Waals surface area contributed by atoms with Crippen molar-refractivity contribution < 1.29 is 31.1 Å². The van der Waals surface area contributed by atoms with Crippen molar-refractivity contribution in [3.05, 3.63) is 106 Å². The lowest BCUT2D eigenvalue weighted by atomic mass is 9.76. The summed E-state index contributed by atoms with van der Waals surface area (Å²) in [5.41, 5.74) is -1.74. The fraction of sp³-hybridized carbons (Fsp3) is 0.269. The van der Waals surface area contributed by atoms with E-state index in [4.69, 9.17) is 11.6 Å². The molecule has 0 aliphatic carbocycles. The minimum atomic E-state index is -5.03. The van der Waals surface area contributed by atoms with Crippen LogP contribution in [-0.4, -0.2) is 23.9 Å². The van der Waals surface area contributed by atoms with Gasteiger partial charge in [-0.3, -0.25) is 4.79 Å². The zero-order valence-corrected chi connectivity index (χ0v) is 19.0. The Morgan fingerprint density at radius 2 is 1.31 bits per heavy atom. The third-order valence-corrected chi connectivity index (χ3v) is 6.51. The number of halogens is 7. The molecule has 3 aromatic carbocycles. The molecule has 0 bridgehead atoms. The van der Waals surface area contributed by atoms with Crippen LogP contribution in [0.3, 0.4) is 0 Å².